The van der Waals surface area contributed by atoms with Gasteiger partial charge >= 0.3 is 15.3 Å². The van der Waals surface area contributed by atoms with Crippen LogP contribution in [0.3, 0.4) is 0 Å². The third-order valence-corrected chi connectivity index (χ3v) is 4.10. The third kappa shape index (κ3) is 4.35. The topological polar surface area (TPSA) is 109 Å². The van der Waals surface area contributed by atoms with E-state index < -0.39 is 15.3 Å². The molecule has 1 heterocycles. The van der Waals surface area contributed by atoms with Crippen molar-refractivity contribution in [2.24, 2.45) is 0 Å². The molecule has 1 amide bonds. The number of hydrogen-bond donors (Lipinski definition) is 3. The van der Waals surface area contributed by atoms with Crippen molar-refractivity contribution in [2.75, 3.05) is 23.7 Å². The number of anilines is 3. The van der Waals surface area contributed by atoms with Crippen LogP contribution in [0.15, 0.2) is 42.7 Å². The molecule has 8 nitrogen and oxygen atoms in total. The Bertz CT molecular complexity index is 824. The molecule has 0 fully saturated rings. The van der Waals surface area contributed by atoms with Crippen molar-refractivity contribution in [1.82, 2.24) is 10.3 Å². The smallest absolute Gasteiger partial charge is 0.356 e. The van der Waals surface area contributed by atoms with E-state index in [1.165, 1.54) is 12.4 Å². The van der Waals surface area contributed by atoms with Gasteiger partial charge in [0.1, 0.15) is 5.75 Å². The monoisotopic (exact) mass is 350 g/mol. The highest BCUT2D eigenvalue weighted by Crippen LogP contribution is 2.27. The number of benzene rings is 1. The third-order valence-electron chi connectivity index (χ3n) is 2.98. The molecule has 3 N–H and O–H groups in total. The lowest BCUT2D eigenvalue weighted by Crippen LogP contribution is -2.33. The van der Waals surface area contributed by atoms with E-state index in [4.69, 9.17) is 4.74 Å². The molecule has 128 valence electrons. The minimum absolute atomic E-state index is 0.159. The van der Waals surface area contributed by atoms with Crippen LogP contribution in [-0.2, 0) is 10.0 Å². The standard InChI is InChI=1S/C15H18N4O4S/c1-3-17-15(20)24(21,22)19-14-10-16-8-7-13(14)18-11-5-4-6-12(9-11)23-2/h4-10,19H,3H2,1-2H3,(H,16,18)(H,17,20). The van der Waals surface area contributed by atoms with Gasteiger partial charge in [-0.05, 0) is 25.1 Å². The van der Waals surface area contributed by atoms with E-state index in [9.17, 15) is 13.2 Å². The van der Waals surface area contributed by atoms with Gasteiger partial charge in [0.25, 0.3) is 0 Å². The molecule has 1 aromatic carbocycles. The van der Waals surface area contributed by atoms with E-state index in [0.717, 1.165) is 0 Å². The fourth-order valence-corrected chi connectivity index (χ4v) is 2.75. The molecule has 0 bridgehead atoms. The maximum Gasteiger partial charge on any atom is 0.356 e. The van der Waals surface area contributed by atoms with E-state index in [-0.39, 0.29) is 12.2 Å². The predicted molar refractivity (Wildman–Crippen MR) is 92.1 cm³/mol. The van der Waals surface area contributed by atoms with Gasteiger partial charge in [0.15, 0.2) is 0 Å². The maximum atomic E-state index is 12.0. The second-order valence-electron chi connectivity index (χ2n) is 4.70. The van der Waals surface area contributed by atoms with Crippen LogP contribution in [0.5, 0.6) is 5.75 Å². The molecule has 0 spiro atoms. The molecule has 0 aliphatic heterocycles. The first kappa shape index (κ1) is 17.5. The van der Waals surface area contributed by atoms with Crippen molar-refractivity contribution < 1.29 is 17.9 Å². The zero-order chi connectivity index (χ0) is 17.6. The van der Waals surface area contributed by atoms with Crippen molar-refractivity contribution in [3.63, 3.8) is 0 Å². The number of pyridine rings is 1. The van der Waals surface area contributed by atoms with Gasteiger partial charge in [-0.3, -0.25) is 14.5 Å². The lowest BCUT2D eigenvalue weighted by atomic mass is 10.2. The minimum Gasteiger partial charge on any atom is -0.497 e. The van der Waals surface area contributed by atoms with E-state index in [0.29, 0.717) is 17.1 Å². The first-order chi connectivity index (χ1) is 11.5. The van der Waals surface area contributed by atoms with Crippen LogP contribution in [0.25, 0.3) is 0 Å². The summed E-state index contributed by atoms with van der Waals surface area (Å²) in [6.07, 6.45) is 2.83. The van der Waals surface area contributed by atoms with Gasteiger partial charge in [-0.15, -0.1) is 0 Å². The molecule has 0 radical (unpaired) electrons. The van der Waals surface area contributed by atoms with Crippen LogP contribution in [0.2, 0.25) is 0 Å². The summed E-state index contributed by atoms with van der Waals surface area (Å²) in [6.45, 7) is 1.84. The normalized spacial score (nSPS) is 10.8. The Morgan fingerprint density at radius 2 is 2.04 bits per heavy atom. The number of methoxy groups -OCH3 is 1. The van der Waals surface area contributed by atoms with Gasteiger partial charge in [0.2, 0.25) is 0 Å². The Morgan fingerprint density at radius 3 is 2.75 bits per heavy atom. The van der Waals surface area contributed by atoms with Crippen LogP contribution >= 0.6 is 0 Å². The Kier molecular flexibility index (Phi) is 5.59. The van der Waals surface area contributed by atoms with E-state index in [2.05, 4.69) is 20.3 Å². The van der Waals surface area contributed by atoms with Crippen LogP contribution in [-0.4, -0.2) is 32.3 Å². The number of rotatable bonds is 6. The van der Waals surface area contributed by atoms with Crippen LogP contribution in [0.4, 0.5) is 21.9 Å². The molecule has 2 aromatic rings. The lowest BCUT2D eigenvalue weighted by molar-refractivity contribution is 0.259. The van der Waals surface area contributed by atoms with Crippen molar-refractivity contribution in [1.29, 1.82) is 0 Å². The fourth-order valence-electron chi connectivity index (χ4n) is 1.87. The van der Waals surface area contributed by atoms with E-state index >= 15 is 0 Å². The van der Waals surface area contributed by atoms with E-state index in [1.54, 1.807) is 44.4 Å². The Hall–Kier alpha value is -2.81. The molecule has 9 heteroatoms. The molecule has 0 saturated carbocycles. The quantitative estimate of drug-likeness (QED) is 0.737. The summed E-state index contributed by atoms with van der Waals surface area (Å²) in [5.41, 5.74) is 1.30. The molecule has 0 aliphatic carbocycles. The number of aromatic nitrogens is 1. The zero-order valence-corrected chi connectivity index (χ0v) is 14.1. The molecular weight excluding hydrogens is 332 g/mol. The summed E-state index contributed by atoms with van der Waals surface area (Å²) >= 11 is 0. The number of sulfonamides is 1. The number of ether oxygens (including phenoxy) is 1. The summed E-state index contributed by atoms with van der Waals surface area (Å²) in [5, 5.41) is 4.21. The Labute approximate surface area is 140 Å². The molecule has 0 saturated heterocycles. The summed E-state index contributed by atoms with van der Waals surface area (Å²) in [6, 6.07) is 8.72. The maximum absolute atomic E-state index is 12.0. The second-order valence-corrected chi connectivity index (χ2v) is 6.28. The van der Waals surface area contributed by atoms with Gasteiger partial charge in [-0.2, -0.15) is 8.42 Å². The van der Waals surface area contributed by atoms with Gasteiger partial charge in [-0.1, -0.05) is 6.07 Å². The molecule has 0 unspecified atom stereocenters. The van der Waals surface area contributed by atoms with Crippen LogP contribution in [0, 0.1) is 0 Å². The molecule has 0 atom stereocenters. The molecular formula is C15H18N4O4S. The predicted octanol–water partition coefficient (Wildman–Crippen LogP) is 2.31. The van der Waals surface area contributed by atoms with Gasteiger partial charge in [-0.25, -0.2) is 0 Å². The molecule has 24 heavy (non-hydrogen) atoms. The number of nitrogens with zero attached hydrogens (tertiary/aromatic N) is 1. The average molecular weight is 350 g/mol. The van der Waals surface area contributed by atoms with Gasteiger partial charge in [0.05, 0.1) is 24.7 Å². The van der Waals surface area contributed by atoms with Crippen molar-refractivity contribution >= 4 is 32.3 Å². The number of nitrogens with one attached hydrogen (secondary N) is 3. The first-order valence-corrected chi connectivity index (χ1v) is 8.60. The Balaban J connectivity index is 2.26. The largest absolute Gasteiger partial charge is 0.497 e. The minimum atomic E-state index is -4.21. The summed E-state index contributed by atoms with van der Waals surface area (Å²) in [5.74, 6) is 0.651. The second kappa shape index (κ2) is 7.64. The highest BCUT2D eigenvalue weighted by Gasteiger charge is 2.22. The van der Waals surface area contributed by atoms with Crippen molar-refractivity contribution in [3.05, 3.63) is 42.7 Å². The number of carbonyl (C=O) groups is 1. The number of amides is 1. The van der Waals surface area contributed by atoms with Gasteiger partial charge in [0, 0.05) is 24.5 Å². The van der Waals surface area contributed by atoms with E-state index in [1.807, 2.05) is 0 Å². The van der Waals surface area contributed by atoms with Crippen LogP contribution < -0.4 is 20.1 Å². The fraction of sp³-hybridized carbons (Fsp3) is 0.200. The molecule has 1 aromatic heterocycles. The van der Waals surface area contributed by atoms with Gasteiger partial charge < -0.3 is 15.4 Å². The Morgan fingerprint density at radius 1 is 1.25 bits per heavy atom. The highest BCUT2D eigenvalue weighted by molar-refractivity contribution is 8.07. The lowest BCUT2D eigenvalue weighted by Gasteiger charge is -2.13. The first-order valence-electron chi connectivity index (χ1n) is 7.12. The highest BCUT2D eigenvalue weighted by atomic mass is 32.2. The zero-order valence-electron chi connectivity index (χ0n) is 13.2. The number of carbonyl (C=O) groups excluding carboxylic acids is 1. The number of hydrogen-bond acceptors (Lipinski definition) is 6. The van der Waals surface area contributed by atoms with Crippen molar-refractivity contribution in [2.45, 2.75) is 6.92 Å². The molecule has 2 rings (SSSR count). The SMILES string of the molecule is CCNC(=O)S(=O)(=O)Nc1cnccc1Nc1cccc(OC)c1. The summed E-state index contributed by atoms with van der Waals surface area (Å²) in [4.78, 5) is 15.5. The summed E-state index contributed by atoms with van der Waals surface area (Å²) in [7, 11) is -2.65. The summed E-state index contributed by atoms with van der Waals surface area (Å²) < 4.78 is 31.4. The average Bonchev–Trinajstić information content (AvgIpc) is 2.57. The van der Waals surface area contributed by atoms with Crippen molar-refractivity contribution in [3.8, 4) is 5.75 Å². The van der Waals surface area contributed by atoms with Crippen LogP contribution in [0.1, 0.15) is 6.92 Å². The molecule has 0 aliphatic rings.